The van der Waals surface area contributed by atoms with Gasteiger partial charge >= 0.3 is 12.3 Å². The Morgan fingerprint density at radius 3 is 2.25 bits per heavy atom. The van der Waals surface area contributed by atoms with Crippen LogP contribution in [0.2, 0.25) is 0 Å². The Kier molecular flexibility index (Phi) is 5.12. The van der Waals surface area contributed by atoms with E-state index in [0.29, 0.717) is 11.3 Å². The molecule has 0 fully saturated rings. The summed E-state index contributed by atoms with van der Waals surface area (Å²) in [5.74, 6) is -1.90. The molecule has 144 valence electrons. The van der Waals surface area contributed by atoms with E-state index in [2.05, 4.69) is 14.8 Å². The molecule has 3 aromatic rings. The molecule has 0 saturated carbocycles. The largest absolute Gasteiger partial charge is 0.573 e. The van der Waals surface area contributed by atoms with Gasteiger partial charge in [0.1, 0.15) is 12.1 Å². The van der Waals surface area contributed by atoms with Crippen molar-refractivity contribution in [3.05, 3.63) is 71.8 Å². The fourth-order valence-electron chi connectivity index (χ4n) is 2.35. The molecule has 1 N–H and O–H groups in total. The van der Waals surface area contributed by atoms with Crippen molar-refractivity contribution in [2.75, 3.05) is 0 Å². The van der Waals surface area contributed by atoms with Crippen LogP contribution in [-0.4, -0.2) is 38.0 Å². The summed E-state index contributed by atoms with van der Waals surface area (Å²) in [7, 11) is 0. The highest BCUT2D eigenvalue weighted by Gasteiger charge is 2.31. The van der Waals surface area contributed by atoms with Crippen LogP contribution in [0.3, 0.4) is 0 Å². The predicted molar refractivity (Wildman–Crippen MR) is 89.5 cm³/mol. The van der Waals surface area contributed by atoms with Crippen molar-refractivity contribution >= 4 is 11.8 Å². The van der Waals surface area contributed by atoms with Gasteiger partial charge in [-0.2, -0.15) is 0 Å². The van der Waals surface area contributed by atoms with Crippen molar-refractivity contribution in [3.8, 4) is 11.4 Å². The standard InChI is InChI=1S/C18H12F3N3O4/c19-18(20,21)28-14-7-5-13(6-8-14)24-10-22-16(23-24)15(25)9-11-1-3-12(4-2-11)17(26)27/h1-8,10H,9H2,(H,26,27). The first-order valence-corrected chi connectivity index (χ1v) is 7.84. The summed E-state index contributed by atoms with van der Waals surface area (Å²) in [5.41, 5.74) is 1.10. The average molecular weight is 391 g/mol. The molecule has 1 aromatic heterocycles. The molecule has 28 heavy (non-hydrogen) atoms. The SMILES string of the molecule is O=C(O)c1ccc(CC(=O)c2ncn(-c3ccc(OC(F)(F)F)cc3)n2)cc1. The monoisotopic (exact) mass is 391 g/mol. The Morgan fingerprint density at radius 2 is 1.68 bits per heavy atom. The Balaban J connectivity index is 1.69. The van der Waals surface area contributed by atoms with E-state index in [9.17, 15) is 22.8 Å². The van der Waals surface area contributed by atoms with Crippen LogP contribution in [0.5, 0.6) is 5.75 Å². The molecule has 2 aromatic carbocycles. The van der Waals surface area contributed by atoms with Crippen molar-refractivity contribution in [3.63, 3.8) is 0 Å². The number of benzene rings is 2. The number of rotatable bonds is 6. The zero-order valence-electron chi connectivity index (χ0n) is 14.1. The zero-order chi connectivity index (χ0) is 20.3. The number of carboxylic acids is 1. The molecule has 7 nitrogen and oxygen atoms in total. The maximum Gasteiger partial charge on any atom is 0.573 e. The van der Waals surface area contributed by atoms with Crippen LogP contribution in [0.1, 0.15) is 26.5 Å². The number of ether oxygens (including phenoxy) is 1. The number of aromatic nitrogens is 3. The maximum absolute atomic E-state index is 12.3. The lowest BCUT2D eigenvalue weighted by molar-refractivity contribution is -0.274. The van der Waals surface area contributed by atoms with Crippen molar-refractivity contribution in [2.24, 2.45) is 0 Å². The highest BCUT2D eigenvalue weighted by Crippen LogP contribution is 2.23. The Bertz CT molecular complexity index is 996. The Labute approximate surface area is 156 Å². The van der Waals surface area contributed by atoms with Crippen molar-refractivity contribution in [1.82, 2.24) is 14.8 Å². The molecule has 0 saturated heterocycles. The molecular formula is C18H12F3N3O4. The highest BCUT2D eigenvalue weighted by molar-refractivity contribution is 5.94. The summed E-state index contributed by atoms with van der Waals surface area (Å²) in [6.07, 6.45) is -3.54. The second kappa shape index (κ2) is 7.51. The highest BCUT2D eigenvalue weighted by atomic mass is 19.4. The molecule has 0 bridgehead atoms. The van der Waals surface area contributed by atoms with Gasteiger partial charge in [0, 0.05) is 6.42 Å². The summed E-state index contributed by atoms with van der Waals surface area (Å²) in [6, 6.07) is 10.8. The Morgan fingerprint density at radius 1 is 1.04 bits per heavy atom. The van der Waals surface area contributed by atoms with Crippen LogP contribution in [0, 0.1) is 0 Å². The fraction of sp³-hybridized carbons (Fsp3) is 0.111. The molecule has 0 aliphatic rings. The molecule has 0 spiro atoms. The number of hydrogen-bond acceptors (Lipinski definition) is 5. The summed E-state index contributed by atoms with van der Waals surface area (Å²) in [6.45, 7) is 0. The fourth-order valence-corrected chi connectivity index (χ4v) is 2.35. The van der Waals surface area contributed by atoms with Crippen molar-refractivity contribution in [1.29, 1.82) is 0 Å². The third-order valence-electron chi connectivity index (χ3n) is 3.64. The normalized spacial score (nSPS) is 11.2. The lowest BCUT2D eigenvalue weighted by Crippen LogP contribution is -2.17. The average Bonchev–Trinajstić information content (AvgIpc) is 3.12. The number of ketones is 1. The third-order valence-corrected chi connectivity index (χ3v) is 3.64. The zero-order valence-corrected chi connectivity index (χ0v) is 14.1. The number of alkyl halides is 3. The molecule has 3 rings (SSSR count). The molecule has 0 aliphatic heterocycles. The molecule has 0 unspecified atom stereocenters. The van der Waals surface area contributed by atoms with E-state index < -0.39 is 12.3 Å². The number of nitrogens with zero attached hydrogens (tertiary/aromatic N) is 3. The summed E-state index contributed by atoms with van der Waals surface area (Å²) in [4.78, 5) is 27.0. The quantitative estimate of drug-likeness (QED) is 0.648. The van der Waals surface area contributed by atoms with Crippen LogP contribution < -0.4 is 4.74 Å². The van der Waals surface area contributed by atoms with Gasteiger partial charge in [0.25, 0.3) is 0 Å². The lowest BCUT2D eigenvalue weighted by atomic mass is 10.1. The Hall–Kier alpha value is -3.69. The smallest absolute Gasteiger partial charge is 0.478 e. The second-order valence-electron chi connectivity index (χ2n) is 5.66. The van der Waals surface area contributed by atoms with E-state index in [1.807, 2.05) is 0 Å². The van der Waals surface area contributed by atoms with Gasteiger partial charge in [-0.3, -0.25) is 4.79 Å². The van der Waals surface area contributed by atoms with Crippen LogP contribution >= 0.6 is 0 Å². The molecule has 0 aliphatic carbocycles. The van der Waals surface area contributed by atoms with Gasteiger partial charge in [-0.05, 0) is 42.0 Å². The molecule has 0 amide bonds. The van der Waals surface area contributed by atoms with Crippen LogP contribution in [0.25, 0.3) is 5.69 Å². The van der Waals surface area contributed by atoms with E-state index in [1.165, 1.54) is 47.4 Å². The first-order valence-electron chi connectivity index (χ1n) is 7.84. The van der Waals surface area contributed by atoms with E-state index in [4.69, 9.17) is 5.11 Å². The first-order chi connectivity index (χ1) is 13.2. The first kappa shape index (κ1) is 19.1. The van der Waals surface area contributed by atoms with Crippen LogP contribution in [0.15, 0.2) is 54.9 Å². The number of hydrogen-bond donors (Lipinski definition) is 1. The molecule has 10 heteroatoms. The maximum atomic E-state index is 12.3. The molecule has 1 heterocycles. The minimum absolute atomic E-state index is 0.0255. The molecular weight excluding hydrogens is 379 g/mol. The van der Waals surface area contributed by atoms with E-state index in [-0.39, 0.29) is 29.3 Å². The van der Waals surface area contributed by atoms with Gasteiger partial charge in [0.05, 0.1) is 11.3 Å². The van der Waals surface area contributed by atoms with Crippen LogP contribution in [0.4, 0.5) is 13.2 Å². The number of halogens is 3. The van der Waals surface area contributed by atoms with Gasteiger partial charge in [-0.1, -0.05) is 12.1 Å². The summed E-state index contributed by atoms with van der Waals surface area (Å²) < 4.78 is 41.6. The number of carboxylic acid groups (broad SMARTS) is 1. The second-order valence-corrected chi connectivity index (χ2v) is 5.66. The minimum atomic E-state index is -4.78. The van der Waals surface area contributed by atoms with Gasteiger partial charge in [0.2, 0.25) is 11.6 Å². The van der Waals surface area contributed by atoms with Crippen molar-refractivity contribution < 1.29 is 32.6 Å². The minimum Gasteiger partial charge on any atom is -0.478 e. The summed E-state index contributed by atoms with van der Waals surface area (Å²) >= 11 is 0. The van der Waals surface area contributed by atoms with Crippen molar-refractivity contribution in [2.45, 2.75) is 12.8 Å². The topological polar surface area (TPSA) is 94.3 Å². The number of Topliss-reactive ketones (excluding diaryl/α,β-unsaturated/α-hetero) is 1. The number of aromatic carboxylic acids is 1. The number of carbonyl (C=O) groups excluding carboxylic acids is 1. The van der Waals surface area contributed by atoms with Gasteiger partial charge in [0.15, 0.2) is 0 Å². The molecule has 0 radical (unpaired) electrons. The van der Waals surface area contributed by atoms with E-state index in [0.717, 1.165) is 12.1 Å². The van der Waals surface area contributed by atoms with Gasteiger partial charge in [-0.15, -0.1) is 18.3 Å². The van der Waals surface area contributed by atoms with Crippen LogP contribution in [-0.2, 0) is 6.42 Å². The third kappa shape index (κ3) is 4.72. The van der Waals surface area contributed by atoms with E-state index >= 15 is 0 Å². The predicted octanol–water partition coefficient (Wildman–Crippen LogP) is 3.29. The number of carbonyl (C=O) groups is 2. The molecule has 0 atom stereocenters. The van der Waals surface area contributed by atoms with Gasteiger partial charge in [-0.25, -0.2) is 14.5 Å². The lowest BCUT2D eigenvalue weighted by Gasteiger charge is -2.09. The van der Waals surface area contributed by atoms with Gasteiger partial charge < -0.3 is 9.84 Å². The summed E-state index contributed by atoms with van der Waals surface area (Å²) in [5, 5.41) is 12.9. The van der Waals surface area contributed by atoms with E-state index in [1.54, 1.807) is 0 Å².